The first-order valence-corrected chi connectivity index (χ1v) is 38.9. The summed E-state index contributed by atoms with van der Waals surface area (Å²) in [5.41, 5.74) is 11.6. The summed E-state index contributed by atoms with van der Waals surface area (Å²) in [6, 6.07) is 72.1. The average Bonchev–Trinajstić information content (AvgIpc) is 1.48. The molecule has 6 aliphatic rings. The minimum absolute atomic E-state index is 0.109. The summed E-state index contributed by atoms with van der Waals surface area (Å²) < 4.78 is 137. The van der Waals surface area contributed by atoms with Crippen molar-refractivity contribution >= 4 is 141 Å². The van der Waals surface area contributed by atoms with Gasteiger partial charge < -0.3 is 0 Å². The topological polar surface area (TPSA) is 16.3 Å². The Morgan fingerprint density at radius 2 is 0.768 bits per heavy atom. The van der Waals surface area contributed by atoms with E-state index in [1.165, 1.54) is 20.9 Å². The number of rotatable bonds is 8. The standard InChI is InChI=1S/C90H63BN4S2Se2/c1-90(2,3)58-50-75-79-76(51-58)95(81-63(56-30-12-6-13-31-56)40-25-41-64(81)57-32-14-7-15-33-57)74-53-60(93-72-43-21-17-35-66(72)87-83(93)85-89(99-87)68-37-19-23-45-78(68)97-85)47-49-70(74)91(79)69-48-46-59(92-71-42-20-16-34-65(71)86-82(92)84-88(98-86)67-36-18-22-44-77(67)96-84)52-73(69)94(75)80-61(54-26-8-4-9-27-54)38-24-39-62(80)55-28-10-5-11-29-55/h4-53,84-85,88-89H,1-3H3/i24D,25D,38D,39D,40D,41D,46D,47D,48D,49D,52D,53D. The quantitative estimate of drug-likeness (QED) is 0.141. The number of anilines is 6. The van der Waals surface area contributed by atoms with E-state index in [-0.39, 0.29) is 190 Å². The second kappa shape index (κ2) is 22.4. The van der Waals surface area contributed by atoms with Gasteiger partial charge in [-0.2, -0.15) is 0 Å². The molecular weight excluding hydrogens is 1370 g/mol. The van der Waals surface area contributed by atoms with Crippen molar-refractivity contribution in [3.05, 3.63) is 331 Å². The molecule has 4 atom stereocenters. The average molecular weight is 1450 g/mol. The van der Waals surface area contributed by atoms with Crippen molar-refractivity contribution in [2.24, 2.45) is 0 Å². The second-order valence-electron chi connectivity index (χ2n) is 27.0. The predicted octanol–water partition coefficient (Wildman–Crippen LogP) is 20.1. The van der Waals surface area contributed by atoms with Crippen LogP contribution in [0.2, 0.25) is 0 Å². The number of nitrogens with zero attached hydrogens (tertiary/aromatic N) is 4. The van der Waals surface area contributed by atoms with E-state index < -0.39 is 12.1 Å². The van der Waals surface area contributed by atoms with Gasteiger partial charge in [0.1, 0.15) is 0 Å². The van der Waals surface area contributed by atoms with Crippen LogP contribution >= 0.6 is 23.5 Å². The van der Waals surface area contributed by atoms with Gasteiger partial charge in [-0.15, -0.1) is 0 Å². The van der Waals surface area contributed by atoms with E-state index in [4.69, 9.17) is 0 Å². The van der Waals surface area contributed by atoms with Gasteiger partial charge in [0.15, 0.2) is 0 Å². The van der Waals surface area contributed by atoms with Crippen LogP contribution < -0.4 is 35.1 Å². The number of thioether (sulfide) groups is 2. The molecule has 0 N–H and O–H groups in total. The first-order chi connectivity index (χ1) is 53.8. The SMILES string of the molecule is [2H]c1c([2H])c(-c2ccccc2)c(N2c3cc(C(C)(C)C)cc4c3B(c3c([2H])c([2H])c(-n5c6c(c7ccccc75)[Se]C5c7ccccc7SC65)c([2H])c32)c2c([2H])c([2H])c(-n3c5c(c6ccccc63)[Se]C3c6ccccc6SC53)c([2H])c2N4c2c(-c3ccccc3)c([2H])c([2H])c([2H])c2-c2ccccc2)c(-c2ccccc2)c1[2H]. The van der Waals surface area contributed by atoms with Gasteiger partial charge in [-0.1, -0.05) is 24.3 Å². The first kappa shape index (κ1) is 47.4. The Kier molecular flexibility index (Phi) is 10.7. The maximum absolute atomic E-state index is 11.8. The van der Waals surface area contributed by atoms with Crippen LogP contribution in [0.15, 0.2) is 313 Å². The number of hydrogen-bond donors (Lipinski definition) is 0. The van der Waals surface area contributed by atoms with E-state index in [1.54, 1.807) is 23.5 Å². The molecule has 0 bridgehead atoms. The first-order valence-electron chi connectivity index (χ1n) is 39.5. The van der Waals surface area contributed by atoms with Crippen molar-refractivity contribution in [3.63, 3.8) is 0 Å². The van der Waals surface area contributed by atoms with Crippen molar-refractivity contribution in [1.82, 2.24) is 9.13 Å². The molecule has 4 nitrogen and oxygen atoms in total. The van der Waals surface area contributed by atoms with Gasteiger partial charge in [0.05, 0.1) is 0 Å². The van der Waals surface area contributed by atoms with Crippen LogP contribution in [0, 0.1) is 0 Å². The van der Waals surface area contributed by atoms with Crippen molar-refractivity contribution < 1.29 is 16.4 Å². The van der Waals surface area contributed by atoms with Gasteiger partial charge in [0, 0.05) is 0 Å². The summed E-state index contributed by atoms with van der Waals surface area (Å²) in [5, 5.41) is 1.76. The van der Waals surface area contributed by atoms with E-state index in [1.807, 2.05) is 168 Å². The Bertz CT molecular complexity index is 6100. The van der Waals surface area contributed by atoms with Crippen molar-refractivity contribution in [2.75, 3.05) is 9.80 Å². The normalized spacial score (nSPS) is 18.9. The zero-order valence-corrected chi connectivity index (χ0v) is 58.8. The molecule has 99 heavy (non-hydrogen) atoms. The van der Waals surface area contributed by atoms with Crippen LogP contribution in [0.1, 0.15) is 85.4 Å². The molecule has 8 heterocycles. The molecule has 9 heteroatoms. The molecular formula is C90H63BN4S2Se2. The van der Waals surface area contributed by atoms with Crippen molar-refractivity contribution in [1.29, 1.82) is 0 Å². The molecule has 470 valence electrons. The molecule has 2 aromatic heterocycles. The summed E-state index contributed by atoms with van der Waals surface area (Å²) in [4.78, 5) is 6.49. The molecule has 4 unspecified atom stereocenters. The fraction of sp³-hybridized carbons (Fsp3) is 0.0889. The van der Waals surface area contributed by atoms with E-state index in [0.717, 1.165) is 47.7 Å². The maximum atomic E-state index is 11.8. The molecule has 0 amide bonds. The number of benzene rings is 13. The third-order valence-electron chi connectivity index (χ3n) is 20.5. The van der Waals surface area contributed by atoms with Gasteiger partial charge in [0.2, 0.25) is 0 Å². The monoisotopic (exact) mass is 1450 g/mol. The summed E-state index contributed by atoms with van der Waals surface area (Å²) >= 11 is 3.36. The number of fused-ring (bicyclic) bond motifs is 18. The fourth-order valence-corrected chi connectivity index (χ4v) is 27.0. The summed E-state index contributed by atoms with van der Waals surface area (Å²) in [7, 11) is 0. The summed E-state index contributed by atoms with van der Waals surface area (Å²) in [6.07, 6.45) is 0. The Morgan fingerprint density at radius 3 is 1.16 bits per heavy atom. The Hall–Kier alpha value is -9.66. The minimum atomic E-state index is -1.35. The third kappa shape index (κ3) is 8.75. The number of aromatic nitrogens is 2. The van der Waals surface area contributed by atoms with Gasteiger partial charge >= 0.3 is 596 Å². The van der Waals surface area contributed by atoms with Gasteiger partial charge in [-0.3, -0.25) is 0 Å². The Morgan fingerprint density at radius 1 is 0.404 bits per heavy atom. The molecule has 0 saturated carbocycles. The number of para-hydroxylation sites is 4. The zero-order chi connectivity index (χ0) is 75.8. The predicted molar refractivity (Wildman–Crippen MR) is 421 cm³/mol. The third-order valence-corrected chi connectivity index (χ3v) is 30.1. The Balaban J connectivity index is 0.975. The van der Waals surface area contributed by atoms with Gasteiger partial charge in [-0.05, 0) is 0 Å². The molecule has 0 spiro atoms. The molecule has 13 aromatic carbocycles. The van der Waals surface area contributed by atoms with Crippen LogP contribution in [0.25, 0.3) is 77.7 Å². The van der Waals surface area contributed by atoms with Crippen LogP contribution in [-0.2, 0) is 5.41 Å². The van der Waals surface area contributed by atoms with Crippen molar-refractivity contribution in [3.8, 4) is 55.9 Å². The molecule has 6 aliphatic heterocycles. The Labute approximate surface area is 615 Å². The van der Waals surface area contributed by atoms with E-state index in [2.05, 4.69) is 103 Å². The zero-order valence-electron chi connectivity index (χ0n) is 65.7. The van der Waals surface area contributed by atoms with Crippen LogP contribution in [0.4, 0.5) is 34.1 Å². The van der Waals surface area contributed by atoms with Crippen LogP contribution in [0.3, 0.4) is 0 Å². The summed E-state index contributed by atoms with van der Waals surface area (Å²) in [6.45, 7) is 4.97. The van der Waals surface area contributed by atoms with E-state index >= 15 is 0 Å². The molecule has 0 saturated heterocycles. The van der Waals surface area contributed by atoms with Gasteiger partial charge in [-0.25, -0.2) is 0 Å². The number of hydrogen-bond acceptors (Lipinski definition) is 4. The van der Waals surface area contributed by atoms with E-state index in [0.29, 0.717) is 39.1 Å². The fourth-order valence-electron chi connectivity index (χ4n) is 16.1. The summed E-state index contributed by atoms with van der Waals surface area (Å²) in [5.74, 6) is 0. The molecule has 21 rings (SSSR count). The van der Waals surface area contributed by atoms with Crippen molar-refractivity contribution in [2.45, 2.75) is 56.1 Å². The van der Waals surface area contributed by atoms with Crippen LogP contribution in [0.5, 0.6) is 0 Å². The van der Waals surface area contributed by atoms with Crippen LogP contribution in [-0.4, -0.2) is 45.8 Å². The van der Waals surface area contributed by atoms with Gasteiger partial charge in [0.25, 0.3) is 0 Å². The molecule has 0 fully saturated rings. The molecule has 15 aromatic rings. The molecule has 0 radical (unpaired) electrons. The molecule has 0 aliphatic carbocycles. The van der Waals surface area contributed by atoms with E-state index in [9.17, 15) is 16.4 Å². The second-order valence-corrected chi connectivity index (χ2v) is 34.2.